The van der Waals surface area contributed by atoms with Gasteiger partial charge in [-0.05, 0) is 30.1 Å². The summed E-state index contributed by atoms with van der Waals surface area (Å²) in [4.78, 5) is 14.8. The van der Waals surface area contributed by atoms with Crippen molar-refractivity contribution in [3.05, 3.63) is 46.0 Å². The first-order chi connectivity index (χ1) is 9.49. The van der Waals surface area contributed by atoms with Gasteiger partial charge in [0.15, 0.2) is 0 Å². The average molecular weight is 306 g/mol. The second kappa shape index (κ2) is 6.06. The molecule has 2 aromatic rings. The maximum atomic E-state index is 12.3. The van der Waals surface area contributed by atoms with Crippen molar-refractivity contribution < 1.29 is 4.79 Å². The summed E-state index contributed by atoms with van der Waals surface area (Å²) in [5, 5.41) is 3.85. The van der Waals surface area contributed by atoms with E-state index in [4.69, 9.17) is 18.0 Å². The largest absolute Gasteiger partial charge is 0.389 e. The van der Waals surface area contributed by atoms with Crippen molar-refractivity contribution in [1.29, 1.82) is 0 Å². The van der Waals surface area contributed by atoms with E-state index in [9.17, 15) is 4.79 Å². The highest BCUT2D eigenvalue weighted by atomic mass is 32.1. The molecule has 1 aromatic heterocycles. The van der Waals surface area contributed by atoms with Crippen LogP contribution in [-0.2, 0) is 6.54 Å². The van der Waals surface area contributed by atoms with E-state index >= 15 is 0 Å². The SMILES string of the molecule is Cc1nnsc1C(=O)N(C)Cc1cccc(C(N)=S)c1. The van der Waals surface area contributed by atoms with Crippen molar-refractivity contribution in [2.45, 2.75) is 13.5 Å². The van der Waals surface area contributed by atoms with Crippen molar-refractivity contribution in [3.8, 4) is 0 Å². The molecule has 0 aliphatic rings. The van der Waals surface area contributed by atoms with Crippen molar-refractivity contribution in [1.82, 2.24) is 14.5 Å². The average Bonchev–Trinajstić information content (AvgIpc) is 2.84. The van der Waals surface area contributed by atoms with Crippen molar-refractivity contribution in [2.24, 2.45) is 5.73 Å². The molecule has 0 radical (unpaired) electrons. The number of rotatable bonds is 4. The predicted molar refractivity (Wildman–Crippen MR) is 82.8 cm³/mol. The van der Waals surface area contributed by atoms with E-state index in [0.717, 1.165) is 22.7 Å². The maximum absolute atomic E-state index is 12.3. The smallest absolute Gasteiger partial charge is 0.267 e. The summed E-state index contributed by atoms with van der Waals surface area (Å²) in [5.74, 6) is -0.0850. The van der Waals surface area contributed by atoms with E-state index in [-0.39, 0.29) is 5.91 Å². The van der Waals surface area contributed by atoms with Crippen LogP contribution in [0.1, 0.15) is 26.5 Å². The molecule has 0 fully saturated rings. The minimum Gasteiger partial charge on any atom is -0.389 e. The number of thiocarbonyl (C=S) groups is 1. The first-order valence-electron chi connectivity index (χ1n) is 5.92. The number of hydrogen-bond donors (Lipinski definition) is 1. The molecular weight excluding hydrogens is 292 g/mol. The Bertz CT molecular complexity index is 653. The van der Waals surface area contributed by atoms with Crippen molar-refractivity contribution >= 4 is 34.6 Å². The quantitative estimate of drug-likeness (QED) is 0.871. The summed E-state index contributed by atoms with van der Waals surface area (Å²) in [6, 6.07) is 7.56. The van der Waals surface area contributed by atoms with Gasteiger partial charge in [0.2, 0.25) is 0 Å². The molecule has 0 aliphatic carbocycles. The lowest BCUT2D eigenvalue weighted by Crippen LogP contribution is -2.26. The fourth-order valence-corrected chi connectivity index (χ4v) is 2.55. The summed E-state index contributed by atoms with van der Waals surface area (Å²) in [5.41, 5.74) is 8.04. The molecule has 1 aromatic carbocycles. The van der Waals surface area contributed by atoms with Crippen LogP contribution in [0.4, 0.5) is 0 Å². The zero-order valence-electron chi connectivity index (χ0n) is 11.2. The van der Waals surface area contributed by atoms with Crippen LogP contribution in [0.3, 0.4) is 0 Å². The van der Waals surface area contributed by atoms with E-state index < -0.39 is 0 Å². The van der Waals surface area contributed by atoms with Gasteiger partial charge in [-0.2, -0.15) is 0 Å². The van der Waals surface area contributed by atoms with Gasteiger partial charge in [0.25, 0.3) is 5.91 Å². The first kappa shape index (κ1) is 14.5. The number of carbonyl (C=O) groups is 1. The number of hydrogen-bond acceptors (Lipinski definition) is 5. The molecule has 1 heterocycles. The molecule has 5 nitrogen and oxygen atoms in total. The van der Waals surface area contributed by atoms with Gasteiger partial charge in [0.1, 0.15) is 9.87 Å². The van der Waals surface area contributed by atoms with Gasteiger partial charge in [-0.15, -0.1) is 5.10 Å². The summed E-state index contributed by atoms with van der Waals surface area (Å²) in [6.07, 6.45) is 0. The Morgan fingerprint density at radius 3 is 2.85 bits per heavy atom. The fraction of sp³-hybridized carbons (Fsp3) is 0.231. The van der Waals surface area contributed by atoms with Crippen LogP contribution in [0.5, 0.6) is 0 Å². The minimum absolute atomic E-state index is 0.0850. The highest BCUT2D eigenvalue weighted by Gasteiger charge is 2.17. The molecule has 2 rings (SSSR count). The van der Waals surface area contributed by atoms with Gasteiger partial charge in [0.05, 0.1) is 5.69 Å². The van der Waals surface area contributed by atoms with E-state index in [1.165, 1.54) is 0 Å². The third-order valence-electron chi connectivity index (χ3n) is 2.82. The third kappa shape index (κ3) is 3.17. The Kier molecular flexibility index (Phi) is 4.41. The molecule has 0 atom stereocenters. The molecule has 0 saturated carbocycles. The number of carbonyl (C=O) groups excluding carboxylic acids is 1. The third-order valence-corrected chi connectivity index (χ3v) is 3.88. The van der Waals surface area contributed by atoms with Gasteiger partial charge in [0, 0.05) is 19.2 Å². The van der Waals surface area contributed by atoms with E-state index in [1.807, 2.05) is 24.3 Å². The van der Waals surface area contributed by atoms with E-state index in [1.54, 1.807) is 18.9 Å². The number of benzene rings is 1. The Labute approximate surface area is 126 Å². The lowest BCUT2D eigenvalue weighted by atomic mass is 10.1. The second-order valence-corrected chi connectivity index (χ2v) is 5.61. The summed E-state index contributed by atoms with van der Waals surface area (Å²) < 4.78 is 3.78. The maximum Gasteiger partial charge on any atom is 0.267 e. The Balaban J connectivity index is 2.14. The molecule has 0 aliphatic heterocycles. The van der Waals surface area contributed by atoms with Crippen LogP contribution in [0.15, 0.2) is 24.3 Å². The van der Waals surface area contributed by atoms with Crippen LogP contribution >= 0.6 is 23.8 Å². The zero-order valence-corrected chi connectivity index (χ0v) is 12.8. The van der Waals surface area contributed by atoms with Crippen molar-refractivity contribution in [2.75, 3.05) is 7.05 Å². The molecule has 0 spiro atoms. The monoisotopic (exact) mass is 306 g/mol. The Hall–Kier alpha value is -1.86. The number of nitrogens with zero attached hydrogens (tertiary/aromatic N) is 3. The number of aryl methyl sites for hydroxylation is 1. The number of nitrogens with two attached hydrogens (primary N) is 1. The first-order valence-corrected chi connectivity index (χ1v) is 7.10. The van der Waals surface area contributed by atoms with Crippen LogP contribution in [0.25, 0.3) is 0 Å². The number of aromatic nitrogens is 2. The Morgan fingerprint density at radius 1 is 1.50 bits per heavy atom. The van der Waals surface area contributed by atoms with Crippen molar-refractivity contribution in [3.63, 3.8) is 0 Å². The summed E-state index contributed by atoms with van der Waals surface area (Å²) in [6.45, 7) is 2.25. The van der Waals surface area contributed by atoms with Crippen LogP contribution in [0.2, 0.25) is 0 Å². The lowest BCUT2D eigenvalue weighted by molar-refractivity contribution is 0.0789. The topological polar surface area (TPSA) is 72.1 Å². The van der Waals surface area contributed by atoms with Gasteiger partial charge >= 0.3 is 0 Å². The fourth-order valence-electron chi connectivity index (χ4n) is 1.77. The summed E-state index contributed by atoms with van der Waals surface area (Å²) in [7, 11) is 1.74. The minimum atomic E-state index is -0.0850. The molecule has 0 unspecified atom stereocenters. The lowest BCUT2D eigenvalue weighted by Gasteiger charge is -2.16. The van der Waals surface area contributed by atoms with Gasteiger partial charge < -0.3 is 10.6 Å². The van der Waals surface area contributed by atoms with Gasteiger partial charge in [-0.25, -0.2) is 0 Å². The molecule has 0 bridgehead atoms. The molecule has 2 N–H and O–H groups in total. The predicted octanol–water partition coefficient (Wildman–Crippen LogP) is 1.75. The molecule has 1 amide bonds. The molecular formula is C13H14N4OS2. The molecule has 20 heavy (non-hydrogen) atoms. The van der Waals surface area contributed by atoms with Crippen LogP contribution < -0.4 is 5.73 Å². The van der Waals surface area contributed by atoms with Gasteiger partial charge in [-0.3, -0.25) is 4.79 Å². The second-order valence-electron chi connectivity index (χ2n) is 4.41. The number of amides is 1. The highest BCUT2D eigenvalue weighted by Crippen LogP contribution is 2.14. The molecule has 0 saturated heterocycles. The zero-order chi connectivity index (χ0) is 14.7. The van der Waals surface area contributed by atoms with Crippen LogP contribution in [0, 0.1) is 6.92 Å². The Morgan fingerprint density at radius 2 is 2.25 bits per heavy atom. The molecule has 7 heteroatoms. The summed E-state index contributed by atoms with van der Waals surface area (Å²) >= 11 is 6.06. The van der Waals surface area contributed by atoms with Gasteiger partial charge in [-0.1, -0.05) is 34.9 Å². The standard InChI is InChI=1S/C13H14N4OS2/c1-8-11(20-16-15-8)13(18)17(2)7-9-4-3-5-10(6-9)12(14)19/h3-6H,7H2,1-2H3,(H2,14,19). The molecule has 104 valence electrons. The van der Waals surface area contributed by atoms with E-state index in [2.05, 4.69) is 9.59 Å². The van der Waals surface area contributed by atoms with E-state index in [0.29, 0.717) is 22.1 Å². The normalized spacial score (nSPS) is 10.3. The van der Waals surface area contributed by atoms with Crippen LogP contribution in [-0.4, -0.2) is 32.4 Å². The highest BCUT2D eigenvalue weighted by molar-refractivity contribution is 7.80.